The van der Waals surface area contributed by atoms with Crippen molar-refractivity contribution >= 4 is 50.3 Å². The second-order valence-corrected chi connectivity index (χ2v) is 8.58. The van der Waals surface area contributed by atoms with Crippen LogP contribution in [-0.2, 0) is 34.3 Å². The predicted molar refractivity (Wildman–Crippen MR) is 109 cm³/mol. The Morgan fingerprint density at radius 2 is 2.00 bits per heavy atom. The molecular weight excluding hydrogens is 458 g/mol. The number of carbonyl (C=O) groups excluding carboxylic acids is 2. The van der Waals surface area contributed by atoms with Gasteiger partial charge in [-0.15, -0.1) is 11.3 Å². The molecule has 0 spiro atoms. The van der Waals surface area contributed by atoms with Crippen LogP contribution in [0.4, 0.5) is 5.13 Å². The molecule has 2 unspecified atom stereocenters. The molecule has 31 heavy (non-hydrogen) atoms. The van der Waals surface area contributed by atoms with Gasteiger partial charge in [-0.05, 0) is 27.7 Å². The highest BCUT2D eigenvalue weighted by Crippen LogP contribution is 2.15. The molecular formula is C15H23N5O9S2. The Morgan fingerprint density at radius 3 is 2.45 bits per heavy atom. The molecule has 1 amide bonds. The fourth-order valence-electron chi connectivity index (χ4n) is 1.93. The summed E-state index contributed by atoms with van der Waals surface area (Å²) in [6.07, 6.45) is 0. The van der Waals surface area contributed by atoms with E-state index < -0.39 is 51.5 Å². The molecule has 174 valence electrons. The first-order chi connectivity index (χ1) is 14.2. The van der Waals surface area contributed by atoms with Gasteiger partial charge in [-0.25, -0.2) is 14.6 Å². The first-order valence-corrected chi connectivity index (χ1v) is 10.9. The molecule has 0 aliphatic heterocycles. The number of carboxylic acid groups (broad SMARTS) is 1. The van der Waals surface area contributed by atoms with Gasteiger partial charge in [-0.3, -0.25) is 9.35 Å². The Morgan fingerprint density at radius 1 is 1.39 bits per heavy atom. The van der Waals surface area contributed by atoms with Crippen molar-refractivity contribution < 1.29 is 42.0 Å². The van der Waals surface area contributed by atoms with Crippen LogP contribution in [0.3, 0.4) is 0 Å². The van der Waals surface area contributed by atoms with Gasteiger partial charge in [0.1, 0.15) is 11.7 Å². The van der Waals surface area contributed by atoms with Gasteiger partial charge in [0.2, 0.25) is 5.60 Å². The fourth-order valence-corrected chi connectivity index (χ4v) is 3.09. The summed E-state index contributed by atoms with van der Waals surface area (Å²) >= 11 is 0.955. The second-order valence-electron chi connectivity index (χ2n) is 6.50. The number of hydrogen-bond acceptors (Lipinski definition) is 11. The number of anilines is 1. The third-order valence-corrected chi connectivity index (χ3v) is 4.87. The third-order valence-electron chi connectivity index (χ3n) is 3.52. The van der Waals surface area contributed by atoms with Crippen LogP contribution in [0.2, 0.25) is 0 Å². The molecule has 1 aromatic heterocycles. The maximum absolute atomic E-state index is 12.8. The molecule has 16 heteroatoms. The molecule has 1 rings (SSSR count). The van der Waals surface area contributed by atoms with Gasteiger partial charge in [0.05, 0.1) is 12.6 Å². The van der Waals surface area contributed by atoms with Crippen LogP contribution in [0.5, 0.6) is 0 Å². The molecule has 0 aliphatic carbocycles. The van der Waals surface area contributed by atoms with Crippen LogP contribution in [0, 0.1) is 0 Å². The summed E-state index contributed by atoms with van der Waals surface area (Å²) < 4.78 is 37.8. The largest absolute Gasteiger partial charge is 0.478 e. The number of aromatic nitrogens is 1. The van der Waals surface area contributed by atoms with Crippen molar-refractivity contribution in [2.75, 3.05) is 12.3 Å². The van der Waals surface area contributed by atoms with Gasteiger partial charge in [0.25, 0.3) is 5.91 Å². The van der Waals surface area contributed by atoms with Gasteiger partial charge < -0.3 is 25.7 Å². The number of esters is 1. The normalized spacial score (nSPS) is 14.4. The number of aliphatic carboxylic acids is 1. The zero-order chi connectivity index (χ0) is 24.0. The van der Waals surface area contributed by atoms with E-state index in [1.165, 1.54) is 33.1 Å². The minimum absolute atomic E-state index is 0.0661. The summed E-state index contributed by atoms with van der Waals surface area (Å²) in [5, 5.41) is 16.3. The van der Waals surface area contributed by atoms with Gasteiger partial charge in [0, 0.05) is 5.38 Å². The van der Waals surface area contributed by atoms with E-state index in [4.69, 9.17) is 25.0 Å². The molecule has 14 nitrogen and oxygen atoms in total. The summed E-state index contributed by atoms with van der Waals surface area (Å²) in [7, 11) is -4.72. The lowest BCUT2D eigenvalue weighted by molar-refractivity contribution is -0.161. The Labute approximate surface area is 181 Å². The van der Waals surface area contributed by atoms with Crippen molar-refractivity contribution in [2.45, 2.75) is 45.4 Å². The number of nitrogens with two attached hydrogens (primary N) is 1. The van der Waals surface area contributed by atoms with Gasteiger partial charge in [0.15, 0.2) is 10.8 Å². The first-order valence-electron chi connectivity index (χ1n) is 8.61. The summed E-state index contributed by atoms with van der Waals surface area (Å²) in [5.74, 6) is -3.46. The number of rotatable bonds is 11. The maximum Gasteiger partial charge on any atom is 0.350 e. The van der Waals surface area contributed by atoms with Crippen LogP contribution >= 0.6 is 11.3 Å². The van der Waals surface area contributed by atoms with Crippen LogP contribution in [-0.4, -0.2) is 70.9 Å². The number of nitrogens with zero attached hydrogens (tertiary/aromatic N) is 2. The highest BCUT2D eigenvalue weighted by atomic mass is 32.2. The number of amides is 1. The Kier molecular flexibility index (Phi) is 8.85. The van der Waals surface area contributed by atoms with E-state index >= 15 is 0 Å². The van der Waals surface area contributed by atoms with Gasteiger partial charge in [-0.1, -0.05) is 5.16 Å². The zero-order valence-electron chi connectivity index (χ0n) is 17.0. The monoisotopic (exact) mass is 481 g/mol. The molecule has 0 aromatic carbocycles. The van der Waals surface area contributed by atoms with E-state index in [0.717, 1.165) is 11.3 Å². The van der Waals surface area contributed by atoms with E-state index in [-0.39, 0.29) is 17.4 Å². The molecule has 0 fully saturated rings. The maximum atomic E-state index is 12.8. The van der Waals surface area contributed by atoms with Crippen molar-refractivity contribution in [2.24, 2.45) is 5.16 Å². The van der Waals surface area contributed by atoms with Crippen LogP contribution in [0.25, 0.3) is 0 Å². The van der Waals surface area contributed by atoms with Gasteiger partial charge >= 0.3 is 22.2 Å². The molecule has 1 heterocycles. The first kappa shape index (κ1) is 26.2. The lowest BCUT2D eigenvalue weighted by Crippen LogP contribution is -2.56. The van der Waals surface area contributed by atoms with E-state index in [1.807, 2.05) is 0 Å². The number of nitrogen functional groups attached to an aromatic ring is 1. The molecule has 0 bridgehead atoms. The smallest absolute Gasteiger partial charge is 0.350 e. The molecule has 0 aliphatic rings. The number of nitrogens with one attached hydrogen (secondary N) is 2. The van der Waals surface area contributed by atoms with Gasteiger partial charge in [-0.2, -0.15) is 13.1 Å². The minimum atomic E-state index is -4.72. The summed E-state index contributed by atoms with van der Waals surface area (Å²) in [6, 6.07) is -2.93. The number of thiazole rings is 1. The molecule has 0 radical (unpaired) electrons. The fraction of sp³-hybridized carbons (Fsp3) is 0.533. The summed E-state index contributed by atoms with van der Waals surface area (Å²) in [6.45, 7) is 4.97. The Hall–Kier alpha value is -2.82. The van der Waals surface area contributed by atoms with E-state index in [1.54, 1.807) is 4.72 Å². The summed E-state index contributed by atoms with van der Waals surface area (Å²) in [4.78, 5) is 45.1. The zero-order valence-corrected chi connectivity index (χ0v) is 18.6. The van der Waals surface area contributed by atoms with E-state index in [0.29, 0.717) is 0 Å². The van der Waals surface area contributed by atoms with Crippen LogP contribution in [0.1, 0.15) is 33.4 Å². The predicted octanol–water partition coefficient (Wildman–Crippen LogP) is -0.862. The number of hydrogen-bond donors (Lipinski definition) is 5. The van der Waals surface area contributed by atoms with Crippen molar-refractivity contribution in [3.63, 3.8) is 0 Å². The Bertz CT molecular complexity index is 958. The minimum Gasteiger partial charge on any atom is -0.478 e. The van der Waals surface area contributed by atoms with Crippen molar-refractivity contribution in [1.82, 2.24) is 15.0 Å². The average Bonchev–Trinajstić information content (AvgIpc) is 3.04. The van der Waals surface area contributed by atoms with Crippen LogP contribution < -0.4 is 15.8 Å². The highest BCUT2D eigenvalue weighted by molar-refractivity contribution is 7.83. The van der Waals surface area contributed by atoms with Crippen molar-refractivity contribution in [3.8, 4) is 0 Å². The molecule has 0 saturated heterocycles. The third kappa shape index (κ3) is 8.08. The van der Waals surface area contributed by atoms with Crippen LogP contribution in [0.15, 0.2) is 10.5 Å². The lowest BCUT2D eigenvalue weighted by Gasteiger charge is -2.23. The van der Waals surface area contributed by atoms with Crippen molar-refractivity contribution in [1.29, 1.82) is 0 Å². The van der Waals surface area contributed by atoms with Crippen molar-refractivity contribution in [3.05, 3.63) is 11.1 Å². The number of carboxylic acids is 1. The molecule has 1 aromatic rings. The SMILES string of the molecule is CCOC(=O)C(NC(=O)/C(=N\OC(C)(C)C(=O)O)c1csc(N)n1)C(C)NS(=O)(=O)O. The summed E-state index contributed by atoms with van der Waals surface area (Å²) in [5.41, 5.74) is 3.13. The highest BCUT2D eigenvalue weighted by Gasteiger charge is 2.34. The quantitative estimate of drug-likeness (QED) is 0.113. The molecule has 0 saturated carbocycles. The lowest BCUT2D eigenvalue weighted by atomic mass is 10.1. The van der Waals surface area contributed by atoms with E-state index in [9.17, 15) is 22.8 Å². The number of carbonyl (C=O) groups is 3. The topological polar surface area (TPSA) is 220 Å². The number of oxime groups is 1. The number of ether oxygens (including phenoxy) is 1. The second kappa shape index (κ2) is 10.5. The molecule has 2 atom stereocenters. The van der Waals surface area contributed by atoms with E-state index in [2.05, 4.69) is 15.5 Å². The molecule has 6 N–H and O–H groups in total. The Balaban J connectivity index is 3.28. The average molecular weight is 482 g/mol. The standard InChI is InChI=1S/C15H23N5O9S2/c1-5-28-12(22)9(7(2)20-31(25,26)27)18-11(21)10(8-6-30-14(16)17-8)19-29-15(3,4)13(23)24/h6-7,9,20H,5H2,1-4H3,(H2,16,17)(H,18,21)(H,23,24)(H,25,26,27)/b19-10-.